The molecular weight excluding hydrogens is 249 g/mol. The molecular formula is C13H18FN3O2. The van der Waals surface area contributed by atoms with Crippen LogP contribution < -0.4 is 16.0 Å². The molecule has 0 fully saturated rings. The fraction of sp³-hybridized carbons (Fsp3) is 0.385. The lowest BCUT2D eigenvalue weighted by Gasteiger charge is -2.09. The molecule has 1 aromatic carbocycles. The summed E-state index contributed by atoms with van der Waals surface area (Å²) < 4.78 is 13.5. The molecule has 0 aliphatic rings. The highest BCUT2D eigenvalue weighted by Gasteiger charge is 2.08. The Labute approximate surface area is 111 Å². The van der Waals surface area contributed by atoms with E-state index < -0.39 is 11.8 Å². The Morgan fingerprint density at radius 1 is 1.26 bits per heavy atom. The van der Waals surface area contributed by atoms with Gasteiger partial charge < -0.3 is 16.0 Å². The number of rotatable bonds is 5. The highest BCUT2D eigenvalue weighted by atomic mass is 19.1. The number of hydrogen-bond donors (Lipinski definition) is 3. The molecule has 104 valence electrons. The van der Waals surface area contributed by atoms with Crippen molar-refractivity contribution in [3.05, 3.63) is 29.6 Å². The second-order valence-corrected chi connectivity index (χ2v) is 4.14. The van der Waals surface area contributed by atoms with Crippen LogP contribution in [0.25, 0.3) is 0 Å². The Morgan fingerprint density at radius 2 is 2.00 bits per heavy atom. The maximum absolute atomic E-state index is 13.5. The summed E-state index contributed by atoms with van der Waals surface area (Å²) in [5.74, 6) is -0.785. The average Bonchev–Trinajstić information content (AvgIpc) is 2.37. The van der Waals surface area contributed by atoms with E-state index in [-0.39, 0.29) is 18.1 Å². The quantitative estimate of drug-likeness (QED) is 0.761. The second-order valence-electron chi connectivity index (χ2n) is 4.14. The molecule has 3 amide bonds. The monoisotopic (exact) mass is 267 g/mol. The highest BCUT2D eigenvalue weighted by Crippen LogP contribution is 2.14. The summed E-state index contributed by atoms with van der Waals surface area (Å²) in [6.07, 6.45) is 0.826. The van der Waals surface area contributed by atoms with Gasteiger partial charge in [-0.2, -0.15) is 0 Å². The van der Waals surface area contributed by atoms with Gasteiger partial charge in [0.05, 0.1) is 12.2 Å². The summed E-state index contributed by atoms with van der Waals surface area (Å²) in [6, 6.07) is 3.87. The molecule has 0 aromatic heterocycles. The number of urea groups is 1. The number of aryl methyl sites for hydroxylation is 1. The summed E-state index contributed by atoms with van der Waals surface area (Å²) in [6.45, 7) is 4.11. The van der Waals surface area contributed by atoms with Crippen molar-refractivity contribution < 1.29 is 14.0 Å². The van der Waals surface area contributed by atoms with Gasteiger partial charge in [0, 0.05) is 6.54 Å². The van der Waals surface area contributed by atoms with Crippen LogP contribution in [0.4, 0.5) is 14.9 Å². The first kappa shape index (κ1) is 14.9. The lowest BCUT2D eigenvalue weighted by atomic mass is 10.2. The Hall–Kier alpha value is -2.11. The molecule has 1 rings (SSSR count). The number of carbonyl (C=O) groups excluding carboxylic acids is 2. The zero-order valence-corrected chi connectivity index (χ0v) is 11.0. The van der Waals surface area contributed by atoms with E-state index in [4.69, 9.17) is 0 Å². The van der Waals surface area contributed by atoms with E-state index >= 15 is 0 Å². The van der Waals surface area contributed by atoms with E-state index in [1.807, 2.05) is 6.92 Å². The standard InChI is InChI=1S/C13H18FN3O2/c1-3-6-15-12(18)8-16-13(19)17-11-5-4-9(2)7-10(11)14/h4-5,7H,3,6,8H2,1-2H3,(H,15,18)(H2,16,17,19). The van der Waals surface area contributed by atoms with Crippen molar-refractivity contribution in [3.8, 4) is 0 Å². The third kappa shape index (κ3) is 5.37. The van der Waals surface area contributed by atoms with E-state index in [1.165, 1.54) is 12.1 Å². The maximum Gasteiger partial charge on any atom is 0.319 e. The molecule has 0 radical (unpaired) electrons. The van der Waals surface area contributed by atoms with Gasteiger partial charge in [0.1, 0.15) is 5.82 Å². The molecule has 0 saturated carbocycles. The third-order valence-electron chi connectivity index (χ3n) is 2.35. The Kier molecular flexibility index (Phi) is 5.78. The minimum Gasteiger partial charge on any atom is -0.355 e. The van der Waals surface area contributed by atoms with Crippen molar-refractivity contribution >= 4 is 17.6 Å². The molecule has 3 N–H and O–H groups in total. The van der Waals surface area contributed by atoms with E-state index in [1.54, 1.807) is 13.0 Å². The van der Waals surface area contributed by atoms with Crippen LogP contribution >= 0.6 is 0 Å². The largest absolute Gasteiger partial charge is 0.355 e. The number of anilines is 1. The first-order chi connectivity index (χ1) is 9.02. The Bertz CT molecular complexity index is 463. The molecule has 0 saturated heterocycles. The number of amides is 3. The van der Waals surface area contributed by atoms with E-state index in [9.17, 15) is 14.0 Å². The van der Waals surface area contributed by atoms with Crippen LogP contribution in [0.2, 0.25) is 0 Å². The van der Waals surface area contributed by atoms with Crippen molar-refractivity contribution in [2.75, 3.05) is 18.4 Å². The van der Waals surface area contributed by atoms with Crippen LogP contribution in [0.15, 0.2) is 18.2 Å². The fourth-order valence-corrected chi connectivity index (χ4v) is 1.38. The summed E-state index contributed by atoms with van der Waals surface area (Å²) in [5.41, 5.74) is 0.847. The molecule has 0 bridgehead atoms. The topological polar surface area (TPSA) is 70.2 Å². The van der Waals surface area contributed by atoms with Gasteiger partial charge in [-0.15, -0.1) is 0 Å². The third-order valence-corrected chi connectivity index (χ3v) is 2.35. The van der Waals surface area contributed by atoms with Gasteiger partial charge in [-0.25, -0.2) is 9.18 Å². The van der Waals surface area contributed by atoms with Crippen LogP contribution in [0.3, 0.4) is 0 Å². The number of nitrogens with one attached hydrogen (secondary N) is 3. The summed E-state index contributed by atoms with van der Waals surface area (Å²) in [7, 11) is 0. The van der Waals surface area contributed by atoms with Crippen molar-refractivity contribution in [3.63, 3.8) is 0 Å². The van der Waals surface area contributed by atoms with E-state index in [0.717, 1.165) is 12.0 Å². The lowest BCUT2D eigenvalue weighted by molar-refractivity contribution is -0.120. The minimum absolute atomic E-state index is 0.0806. The van der Waals surface area contributed by atoms with Gasteiger partial charge in [-0.05, 0) is 31.0 Å². The van der Waals surface area contributed by atoms with Crippen molar-refractivity contribution in [1.29, 1.82) is 0 Å². The molecule has 1 aromatic rings. The number of benzene rings is 1. The molecule has 0 aliphatic carbocycles. The minimum atomic E-state index is -0.616. The van der Waals surface area contributed by atoms with Crippen molar-refractivity contribution in [2.45, 2.75) is 20.3 Å². The Morgan fingerprint density at radius 3 is 2.63 bits per heavy atom. The molecule has 0 heterocycles. The molecule has 5 nitrogen and oxygen atoms in total. The van der Waals surface area contributed by atoms with Gasteiger partial charge in [0.2, 0.25) is 5.91 Å². The molecule has 0 atom stereocenters. The van der Waals surface area contributed by atoms with Gasteiger partial charge in [-0.3, -0.25) is 4.79 Å². The number of hydrogen-bond acceptors (Lipinski definition) is 2. The van der Waals surface area contributed by atoms with Crippen LogP contribution in [-0.4, -0.2) is 25.0 Å². The predicted molar refractivity (Wildman–Crippen MR) is 71.5 cm³/mol. The Balaban J connectivity index is 2.41. The van der Waals surface area contributed by atoms with Crippen molar-refractivity contribution in [2.24, 2.45) is 0 Å². The summed E-state index contributed by atoms with van der Waals surface area (Å²) >= 11 is 0. The molecule has 6 heteroatoms. The second kappa shape index (κ2) is 7.35. The van der Waals surface area contributed by atoms with Crippen LogP contribution in [-0.2, 0) is 4.79 Å². The van der Waals surface area contributed by atoms with E-state index in [0.29, 0.717) is 6.54 Å². The van der Waals surface area contributed by atoms with Gasteiger partial charge in [0.25, 0.3) is 0 Å². The fourth-order valence-electron chi connectivity index (χ4n) is 1.38. The van der Waals surface area contributed by atoms with Crippen LogP contribution in [0.1, 0.15) is 18.9 Å². The van der Waals surface area contributed by atoms with Gasteiger partial charge in [0.15, 0.2) is 0 Å². The molecule has 0 unspecified atom stereocenters. The zero-order valence-electron chi connectivity index (χ0n) is 11.0. The molecule has 19 heavy (non-hydrogen) atoms. The molecule has 0 spiro atoms. The smallest absolute Gasteiger partial charge is 0.319 e. The van der Waals surface area contributed by atoms with Crippen LogP contribution in [0, 0.1) is 12.7 Å². The highest BCUT2D eigenvalue weighted by molar-refractivity contribution is 5.92. The maximum atomic E-state index is 13.5. The lowest BCUT2D eigenvalue weighted by Crippen LogP contribution is -2.39. The first-order valence-electron chi connectivity index (χ1n) is 6.10. The zero-order chi connectivity index (χ0) is 14.3. The number of carbonyl (C=O) groups is 2. The van der Waals surface area contributed by atoms with Gasteiger partial charge in [-0.1, -0.05) is 13.0 Å². The average molecular weight is 267 g/mol. The van der Waals surface area contributed by atoms with Gasteiger partial charge >= 0.3 is 6.03 Å². The number of halogens is 1. The molecule has 0 aliphatic heterocycles. The summed E-state index contributed by atoms with van der Waals surface area (Å²) in [5, 5.41) is 7.31. The summed E-state index contributed by atoms with van der Waals surface area (Å²) in [4.78, 5) is 22.7. The van der Waals surface area contributed by atoms with Crippen LogP contribution in [0.5, 0.6) is 0 Å². The predicted octanol–water partition coefficient (Wildman–Crippen LogP) is 1.78. The van der Waals surface area contributed by atoms with E-state index in [2.05, 4.69) is 16.0 Å². The van der Waals surface area contributed by atoms with Crippen molar-refractivity contribution in [1.82, 2.24) is 10.6 Å². The first-order valence-corrected chi connectivity index (χ1v) is 6.10. The normalized spacial score (nSPS) is 9.84. The SMILES string of the molecule is CCCNC(=O)CNC(=O)Nc1ccc(C)cc1F.